The van der Waals surface area contributed by atoms with Crippen molar-refractivity contribution >= 4 is 28.6 Å². The van der Waals surface area contributed by atoms with Gasteiger partial charge in [0.25, 0.3) is 5.91 Å². The summed E-state index contributed by atoms with van der Waals surface area (Å²) in [6.07, 6.45) is 0. The molecular weight excluding hydrogens is 346 g/mol. The summed E-state index contributed by atoms with van der Waals surface area (Å²) in [5.74, 6) is 0.706. The van der Waals surface area contributed by atoms with E-state index in [-0.39, 0.29) is 12.5 Å². The number of carbonyl (C=O) groups excluding carboxylic acids is 1. The quantitative estimate of drug-likeness (QED) is 0.627. The van der Waals surface area contributed by atoms with E-state index < -0.39 is 0 Å². The summed E-state index contributed by atoms with van der Waals surface area (Å²) >= 11 is 1.53. The molecular formula is C20H21N3O2S. The molecule has 0 bridgehead atoms. The van der Waals surface area contributed by atoms with Crippen molar-refractivity contribution in [3.8, 4) is 17.0 Å². The number of nitrogens with two attached hydrogens (primary N) is 1. The lowest BCUT2D eigenvalue weighted by Gasteiger charge is -2.11. The summed E-state index contributed by atoms with van der Waals surface area (Å²) in [4.78, 5) is 16.3. The first-order valence-electron chi connectivity index (χ1n) is 8.33. The second kappa shape index (κ2) is 8.01. The number of rotatable bonds is 6. The van der Waals surface area contributed by atoms with Crippen molar-refractivity contribution in [3.05, 3.63) is 58.9 Å². The Morgan fingerprint density at radius 1 is 1.23 bits per heavy atom. The molecule has 26 heavy (non-hydrogen) atoms. The molecule has 0 radical (unpaired) electrons. The van der Waals surface area contributed by atoms with Crippen LogP contribution in [-0.2, 0) is 4.79 Å². The van der Waals surface area contributed by atoms with E-state index >= 15 is 0 Å². The number of hydrogen-bond donors (Lipinski definition) is 2. The lowest BCUT2D eigenvalue weighted by Crippen LogP contribution is -2.20. The van der Waals surface area contributed by atoms with E-state index in [0.717, 1.165) is 16.9 Å². The number of carbonyl (C=O) groups is 1. The first-order valence-corrected chi connectivity index (χ1v) is 9.28. The number of ether oxygens (including phenoxy) is 1. The predicted octanol–water partition coefficient (Wildman–Crippen LogP) is 4.53. The molecule has 3 rings (SSSR count). The van der Waals surface area contributed by atoms with Crippen molar-refractivity contribution in [3.63, 3.8) is 0 Å². The largest absolute Gasteiger partial charge is 0.482 e. The van der Waals surface area contributed by atoms with Crippen molar-refractivity contribution in [1.82, 2.24) is 4.98 Å². The van der Waals surface area contributed by atoms with Gasteiger partial charge in [-0.2, -0.15) is 0 Å². The third kappa shape index (κ3) is 4.40. The topological polar surface area (TPSA) is 77.2 Å². The van der Waals surface area contributed by atoms with Gasteiger partial charge in [0.15, 0.2) is 6.61 Å². The van der Waals surface area contributed by atoms with E-state index in [9.17, 15) is 4.79 Å². The van der Waals surface area contributed by atoms with Gasteiger partial charge < -0.3 is 15.8 Å². The molecule has 6 heteroatoms. The van der Waals surface area contributed by atoms with Crippen LogP contribution < -0.4 is 15.8 Å². The minimum atomic E-state index is -0.231. The van der Waals surface area contributed by atoms with Gasteiger partial charge in [0.1, 0.15) is 5.75 Å². The molecule has 3 aromatic rings. The summed E-state index contributed by atoms with van der Waals surface area (Å²) in [6, 6.07) is 13.2. The summed E-state index contributed by atoms with van der Waals surface area (Å²) in [6.45, 7) is 4.16. The molecule has 0 atom stereocenters. The predicted molar refractivity (Wildman–Crippen MR) is 107 cm³/mol. The number of nitrogens with one attached hydrogen (secondary N) is 1. The average molecular weight is 367 g/mol. The Morgan fingerprint density at radius 2 is 2.00 bits per heavy atom. The average Bonchev–Trinajstić information content (AvgIpc) is 3.16. The lowest BCUT2D eigenvalue weighted by atomic mass is 10.0. The smallest absolute Gasteiger partial charge is 0.262 e. The molecule has 1 amide bonds. The van der Waals surface area contributed by atoms with E-state index in [2.05, 4.69) is 24.1 Å². The molecule has 1 aromatic heterocycles. The molecule has 3 N–H and O–H groups in total. The number of nitrogens with zero attached hydrogens (tertiary/aromatic N) is 1. The maximum Gasteiger partial charge on any atom is 0.262 e. The van der Waals surface area contributed by atoms with Gasteiger partial charge in [-0.15, -0.1) is 11.3 Å². The fourth-order valence-electron chi connectivity index (χ4n) is 2.49. The van der Waals surface area contributed by atoms with Crippen LogP contribution in [-0.4, -0.2) is 17.5 Å². The first kappa shape index (κ1) is 17.9. The fourth-order valence-corrected chi connectivity index (χ4v) is 3.05. The molecule has 0 spiro atoms. The van der Waals surface area contributed by atoms with Gasteiger partial charge in [-0.05, 0) is 41.8 Å². The first-order chi connectivity index (χ1) is 12.5. The van der Waals surface area contributed by atoms with E-state index in [1.807, 2.05) is 35.7 Å². The van der Waals surface area contributed by atoms with Crippen molar-refractivity contribution in [2.24, 2.45) is 0 Å². The fraction of sp³-hybridized carbons (Fsp3) is 0.200. The van der Waals surface area contributed by atoms with Crippen LogP contribution in [0.3, 0.4) is 0 Å². The maximum absolute atomic E-state index is 12.1. The van der Waals surface area contributed by atoms with Gasteiger partial charge in [-0.1, -0.05) is 26.0 Å². The minimum absolute atomic E-state index is 0.105. The third-order valence-corrected chi connectivity index (χ3v) is 4.54. The second-order valence-corrected chi connectivity index (χ2v) is 6.96. The van der Waals surface area contributed by atoms with Crippen LogP contribution in [0, 0.1) is 0 Å². The van der Waals surface area contributed by atoms with E-state index in [1.165, 1.54) is 16.9 Å². The number of thiazole rings is 1. The van der Waals surface area contributed by atoms with Gasteiger partial charge >= 0.3 is 0 Å². The van der Waals surface area contributed by atoms with Crippen LogP contribution in [0.2, 0.25) is 0 Å². The molecule has 0 aliphatic rings. The summed E-state index contributed by atoms with van der Waals surface area (Å²) in [5.41, 5.74) is 12.0. The van der Waals surface area contributed by atoms with Gasteiger partial charge in [-0.3, -0.25) is 4.79 Å². The molecule has 0 aliphatic carbocycles. The zero-order chi connectivity index (χ0) is 18.5. The molecule has 134 valence electrons. The number of benzene rings is 2. The number of nitrogen functional groups attached to an aromatic ring is 1. The number of amides is 1. The van der Waals surface area contributed by atoms with Crippen molar-refractivity contribution < 1.29 is 9.53 Å². The van der Waals surface area contributed by atoms with Gasteiger partial charge in [0.2, 0.25) is 0 Å². The van der Waals surface area contributed by atoms with Crippen molar-refractivity contribution in [2.75, 3.05) is 17.7 Å². The van der Waals surface area contributed by atoms with Crippen LogP contribution in [0.4, 0.5) is 11.4 Å². The van der Waals surface area contributed by atoms with Gasteiger partial charge in [0, 0.05) is 16.6 Å². The van der Waals surface area contributed by atoms with Crippen LogP contribution >= 0.6 is 11.3 Å². The zero-order valence-corrected chi connectivity index (χ0v) is 15.5. The van der Waals surface area contributed by atoms with Crippen molar-refractivity contribution in [2.45, 2.75) is 19.8 Å². The maximum atomic E-state index is 12.1. The van der Waals surface area contributed by atoms with Gasteiger partial charge in [0.05, 0.1) is 16.9 Å². The second-order valence-electron chi connectivity index (χ2n) is 6.24. The lowest BCUT2D eigenvalue weighted by molar-refractivity contribution is -0.118. The molecule has 2 aromatic carbocycles. The molecule has 0 aliphatic heterocycles. The standard InChI is InChI=1S/C20H21N3O2S/c1-13(2)14-3-6-16(7-4-14)23-20(24)10-25-19-8-5-15(9-17(19)21)18-11-26-12-22-18/h3-9,11-13H,10,21H2,1-2H3,(H,23,24). The van der Waals surface area contributed by atoms with Crippen molar-refractivity contribution in [1.29, 1.82) is 0 Å². The van der Waals surface area contributed by atoms with E-state index in [1.54, 1.807) is 17.6 Å². The number of anilines is 2. The van der Waals surface area contributed by atoms with Crippen LogP contribution in [0.5, 0.6) is 5.75 Å². The molecule has 0 fully saturated rings. The molecule has 0 saturated carbocycles. The number of hydrogen-bond acceptors (Lipinski definition) is 5. The zero-order valence-electron chi connectivity index (χ0n) is 14.7. The van der Waals surface area contributed by atoms with E-state index in [4.69, 9.17) is 10.5 Å². The Kier molecular flexibility index (Phi) is 5.53. The SMILES string of the molecule is CC(C)c1ccc(NC(=O)COc2ccc(-c3cscn3)cc2N)cc1. The normalized spacial score (nSPS) is 10.7. The highest BCUT2D eigenvalue weighted by atomic mass is 32.1. The Balaban J connectivity index is 1.57. The Morgan fingerprint density at radius 3 is 2.62 bits per heavy atom. The summed E-state index contributed by atoms with van der Waals surface area (Å²) in [7, 11) is 0. The Hall–Kier alpha value is -2.86. The monoisotopic (exact) mass is 367 g/mol. The Labute approximate surface area is 156 Å². The van der Waals surface area contributed by atoms with Crippen LogP contribution in [0.25, 0.3) is 11.3 Å². The van der Waals surface area contributed by atoms with Gasteiger partial charge in [-0.25, -0.2) is 4.98 Å². The molecule has 0 unspecified atom stereocenters. The minimum Gasteiger partial charge on any atom is -0.482 e. The molecule has 5 nitrogen and oxygen atoms in total. The Bertz CT molecular complexity index is 875. The highest BCUT2D eigenvalue weighted by Gasteiger charge is 2.09. The van der Waals surface area contributed by atoms with E-state index in [0.29, 0.717) is 17.4 Å². The molecule has 1 heterocycles. The van der Waals surface area contributed by atoms with Crippen LogP contribution in [0.15, 0.2) is 53.4 Å². The third-order valence-electron chi connectivity index (χ3n) is 3.96. The highest BCUT2D eigenvalue weighted by molar-refractivity contribution is 7.07. The molecule has 0 saturated heterocycles. The summed E-state index contributed by atoms with van der Waals surface area (Å²) in [5, 5.41) is 4.77. The highest BCUT2D eigenvalue weighted by Crippen LogP contribution is 2.28. The summed E-state index contributed by atoms with van der Waals surface area (Å²) < 4.78 is 5.55. The van der Waals surface area contributed by atoms with Crippen LogP contribution in [0.1, 0.15) is 25.3 Å². The number of aromatic nitrogens is 1.